The molecule has 0 fully saturated rings. The van der Waals surface area contributed by atoms with E-state index in [0.717, 1.165) is 16.9 Å². The van der Waals surface area contributed by atoms with E-state index < -0.39 is 0 Å². The Morgan fingerprint density at radius 1 is 1.29 bits per heavy atom. The van der Waals surface area contributed by atoms with Crippen LogP contribution in [0.3, 0.4) is 0 Å². The molecule has 0 unspecified atom stereocenters. The minimum Gasteiger partial charge on any atom is -0.297 e. The average Bonchev–Trinajstić information content (AvgIpc) is 2.61. The summed E-state index contributed by atoms with van der Waals surface area (Å²) in [7, 11) is 0. The number of nitrogens with zero attached hydrogens (tertiary/aromatic N) is 1. The van der Waals surface area contributed by atoms with E-state index in [1.54, 1.807) is 6.07 Å². The van der Waals surface area contributed by atoms with E-state index in [2.05, 4.69) is 18.9 Å². The van der Waals surface area contributed by atoms with Crippen LogP contribution in [0.4, 0.5) is 4.39 Å². The minimum absolute atomic E-state index is 0.228. The molecule has 4 heteroatoms. The highest BCUT2D eigenvalue weighted by Crippen LogP contribution is 2.19. The fraction of sp³-hybridized carbons (Fsp3) is 0.308. The van der Waals surface area contributed by atoms with Crippen LogP contribution >= 0.6 is 12.2 Å². The topological polar surface area (TPSA) is 20.7 Å². The fourth-order valence-corrected chi connectivity index (χ4v) is 2.03. The first kappa shape index (κ1) is 12.0. The third-order valence-corrected chi connectivity index (χ3v) is 3.06. The van der Waals surface area contributed by atoms with Gasteiger partial charge >= 0.3 is 0 Å². The smallest absolute Gasteiger partial charge is 0.127 e. The Morgan fingerprint density at radius 3 is 2.53 bits per heavy atom. The molecule has 2 rings (SSSR count). The van der Waals surface area contributed by atoms with Gasteiger partial charge in [-0.15, -0.1) is 0 Å². The molecule has 0 saturated carbocycles. The van der Waals surface area contributed by atoms with Crippen molar-refractivity contribution in [2.75, 3.05) is 0 Å². The number of aromatic nitrogens is 2. The van der Waals surface area contributed by atoms with Crippen LogP contribution in [0.5, 0.6) is 0 Å². The number of aryl methyl sites for hydroxylation is 1. The van der Waals surface area contributed by atoms with E-state index in [9.17, 15) is 4.39 Å². The van der Waals surface area contributed by atoms with Crippen molar-refractivity contribution < 1.29 is 4.39 Å². The molecule has 2 aromatic rings. The summed E-state index contributed by atoms with van der Waals surface area (Å²) in [4.78, 5) is 0. The van der Waals surface area contributed by atoms with Crippen molar-refractivity contribution in [3.8, 4) is 5.69 Å². The van der Waals surface area contributed by atoms with Crippen LogP contribution in [-0.2, 0) is 0 Å². The summed E-state index contributed by atoms with van der Waals surface area (Å²) in [5.41, 5.74) is 2.83. The van der Waals surface area contributed by atoms with E-state index in [-0.39, 0.29) is 5.82 Å². The van der Waals surface area contributed by atoms with Crippen molar-refractivity contribution in [3.05, 3.63) is 46.0 Å². The summed E-state index contributed by atoms with van der Waals surface area (Å²) in [5, 5.41) is 3.25. The van der Waals surface area contributed by atoms with Crippen molar-refractivity contribution >= 4 is 12.2 Å². The first-order chi connectivity index (χ1) is 7.99. The standard InChI is InChI=1S/C13H15FN2S/c1-8(2)11-7-13(17)16(15-11)12-5-4-10(14)6-9(12)3/h4-8,15H,1-3H3. The molecule has 1 aromatic carbocycles. The van der Waals surface area contributed by atoms with Gasteiger partial charge in [-0.2, -0.15) is 0 Å². The number of aromatic amines is 1. The van der Waals surface area contributed by atoms with Crippen LogP contribution in [0.25, 0.3) is 5.69 Å². The molecule has 1 N–H and O–H groups in total. The van der Waals surface area contributed by atoms with Gasteiger partial charge in [-0.3, -0.25) is 5.10 Å². The number of rotatable bonds is 2. The highest BCUT2D eigenvalue weighted by molar-refractivity contribution is 7.71. The lowest BCUT2D eigenvalue weighted by Crippen LogP contribution is -2.01. The van der Waals surface area contributed by atoms with E-state index in [1.807, 2.05) is 17.7 Å². The summed E-state index contributed by atoms with van der Waals surface area (Å²) in [5.74, 6) is 0.159. The molecule has 0 saturated heterocycles. The summed E-state index contributed by atoms with van der Waals surface area (Å²) in [6.07, 6.45) is 0. The second-order valence-corrected chi connectivity index (χ2v) is 4.89. The van der Waals surface area contributed by atoms with Crippen LogP contribution in [0.15, 0.2) is 24.3 Å². The maximum absolute atomic E-state index is 13.1. The van der Waals surface area contributed by atoms with Gasteiger partial charge in [0.2, 0.25) is 0 Å². The quantitative estimate of drug-likeness (QED) is 0.796. The molecule has 0 amide bonds. The van der Waals surface area contributed by atoms with E-state index in [1.165, 1.54) is 12.1 Å². The van der Waals surface area contributed by atoms with Crippen LogP contribution in [0, 0.1) is 17.4 Å². The van der Waals surface area contributed by atoms with Gasteiger partial charge in [-0.25, -0.2) is 9.07 Å². The number of hydrogen-bond donors (Lipinski definition) is 1. The molecule has 0 atom stereocenters. The maximum Gasteiger partial charge on any atom is 0.127 e. The van der Waals surface area contributed by atoms with Gasteiger partial charge in [-0.1, -0.05) is 26.1 Å². The lowest BCUT2D eigenvalue weighted by molar-refractivity contribution is 0.625. The summed E-state index contributed by atoms with van der Waals surface area (Å²) in [6, 6.07) is 6.64. The van der Waals surface area contributed by atoms with Crippen LogP contribution in [0.2, 0.25) is 0 Å². The third kappa shape index (κ3) is 2.31. The predicted molar refractivity (Wildman–Crippen MR) is 69.7 cm³/mol. The molecule has 0 aliphatic rings. The molecule has 90 valence electrons. The van der Waals surface area contributed by atoms with Gasteiger partial charge in [0.15, 0.2) is 0 Å². The Balaban J connectivity index is 2.57. The summed E-state index contributed by atoms with van der Waals surface area (Å²) < 4.78 is 15.6. The molecule has 0 aliphatic carbocycles. The number of H-pyrrole nitrogens is 1. The first-order valence-electron chi connectivity index (χ1n) is 5.57. The molecular formula is C13H15FN2S. The molecule has 17 heavy (non-hydrogen) atoms. The number of benzene rings is 1. The van der Waals surface area contributed by atoms with E-state index in [0.29, 0.717) is 10.6 Å². The molecule has 1 heterocycles. The number of halogens is 1. The zero-order valence-electron chi connectivity index (χ0n) is 10.1. The van der Waals surface area contributed by atoms with E-state index in [4.69, 9.17) is 12.2 Å². The molecule has 0 spiro atoms. The van der Waals surface area contributed by atoms with Gasteiger partial charge in [0.25, 0.3) is 0 Å². The van der Waals surface area contributed by atoms with Crippen molar-refractivity contribution in [1.82, 2.24) is 9.78 Å². The lowest BCUT2D eigenvalue weighted by atomic mass is 10.1. The van der Waals surface area contributed by atoms with Crippen molar-refractivity contribution in [3.63, 3.8) is 0 Å². The SMILES string of the molecule is Cc1cc(F)ccc1-n1[nH]c(C(C)C)cc1=S. The van der Waals surface area contributed by atoms with Crippen LogP contribution in [-0.4, -0.2) is 9.78 Å². The van der Waals surface area contributed by atoms with Crippen molar-refractivity contribution in [1.29, 1.82) is 0 Å². The Kier molecular flexibility index (Phi) is 3.15. The second-order valence-electron chi connectivity index (χ2n) is 4.47. The van der Waals surface area contributed by atoms with Gasteiger partial charge < -0.3 is 0 Å². The first-order valence-corrected chi connectivity index (χ1v) is 5.98. The van der Waals surface area contributed by atoms with Crippen LogP contribution in [0.1, 0.15) is 31.0 Å². The van der Waals surface area contributed by atoms with Crippen LogP contribution < -0.4 is 0 Å². The zero-order valence-corrected chi connectivity index (χ0v) is 10.9. The van der Waals surface area contributed by atoms with Crippen molar-refractivity contribution in [2.24, 2.45) is 0 Å². The number of nitrogens with one attached hydrogen (secondary N) is 1. The molecular weight excluding hydrogens is 235 g/mol. The molecule has 1 aromatic heterocycles. The summed E-state index contributed by atoms with van der Waals surface area (Å²) in [6.45, 7) is 6.07. The van der Waals surface area contributed by atoms with Gasteiger partial charge in [-0.05, 0) is 42.7 Å². The van der Waals surface area contributed by atoms with Gasteiger partial charge in [0.1, 0.15) is 10.5 Å². The minimum atomic E-state index is -0.228. The fourth-order valence-electron chi connectivity index (χ4n) is 1.76. The van der Waals surface area contributed by atoms with Gasteiger partial charge in [0.05, 0.1) is 5.69 Å². The molecule has 0 aliphatic heterocycles. The Labute approximate surface area is 105 Å². The zero-order chi connectivity index (χ0) is 12.6. The second kappa shape index (κ2) is 4.45. The molecule has 0 radical (unpaired) electrons. The Morgan fingerprint density at radius 2 is 2.00 bits per heavy atom. The summed E-state index contributed by atoms with van der Waals surface area (Å²) >= 11 is 5.30. The van der Waals surface area contributed by atoms with Crippen molar-refractivity contribution in [2.45, 2.75) is 26.7 Å². The van der Waals surface area contributed by atoms with Gasteiger partial charge in [0, 0.05) is 5.69 Å². The highest BCUT2D eigenvalue weighted by atomic mass is 32.1. The average molecular weight is 250 g/mol. The molecule has 2 nitrogen and oxygen atoms in total. The Hall–Kier alpha value is -1.42. The third-order valence-electron chi connectivity index (χ3n) is 2.76. The monoisotopic (exact) mass is 250 g/mol. The Bertz CT molecular complexity index is 596. The largest absolute Gasteiger partial charge is 0.297 e. The van der Waals surface area contributed by atoms with E-state index >= 15 is 0 Å². The predicted octanol–water partition coefficient (Wildman–Crippen LogP) is 4.11. The maximum atomic E-state index is 13.1. The lowest BCUT2D eigenvalue weighted by Gasteiger charge is -2.08. The highest BCUT2D eigenvalue weighted by Gasteiger charge is 2.08. The number of hydrogen-bond acceptors (Lipinski definition) is 1. The normalized spacial score (nSPS) is 11.1. The molecule has 0 bridgehead atoms.